The normalized spacial score (nSPS) is 11.8. The van der Waals surface area contributed by atoms with Crippen LogP contribution in [0.5, 0.6) is 0 Å². The van der Waals surface area contributed by atoms with E-state index < -0.39 is 34.8 Å². The van der Waals surface area contributed by atoms with E-state index in [1.807, 2.05) is 38.1 Å². The van der Waals surface area contributed by atoms with Crippen LogP contribution in [0.4, 0.5) is 4.39 Å². The summed E-state index contributed by atoms with van der Waals surface area (Å²) in [5, 5.41) is 3.95. The van der Waals surface area contributed by atoms with Crippen LogP contribution in [0, 0.1) is 19.7 Å². The number of carbonyl (C=O) groups is 1. The van der Waals surface area contributed by atoms with E-state index >= 15 is 0 Å². The summed E-state index contributed by atoms with van der Waals surface area (Å²) in [6.07, 6.45) is 1.45. The fraction of sp³-hybridized carbons (Fsp3) is 0.167. The molecule has 0 aliphatic rings. The molecule has 1 N–H and O–H groups in total. The van der Waals surface area contributed by atoms with Gasteiger partial charge in [-0.3, -0.25) is 4.79 Å². The standard InChI is InChI=1S/C24H23ClFN3O3S/c1-17-6-10-19(11-7-17)14-27-28-24(30)16-29(15-21-22(25)4-3-5-23(21)26)33(31,32)20-12-8-18(2)9-13-20/h3-14H,15-16H2,1-2H3,(H,28,30)/b27-14-. The van der Waals surface area contributed by atoms with Crippen LogP contribution in [0.1, 0.15) is 22.3 Å². The summed E-state index contributed by atoms with van der Waals surface area (Å²) in [4.78, 5) is 12.5. The second-order valence-corrected chi connectivity index (χ2v) is 9.84. The molecule has 33 heavy (non-hydrogen) atoms. The number of hydrazone groups is 1. The number of halogens is 2. The molecular weight excluding hydrogens is 465 g/mol. The highest BCUT2D eigenvalue weighted by Gasteiger charge is 2.28. The molecule has 6 nitrogen and oxygen atoms in total. The Kier molecular flexibility index (Phi) is 7.97. The van der Waals surface area contributed by atoms with Gasteiger partial charge in [0, 0.05) is 17.1 Å². The first-order chi connectivity index (χ1) is 15.7. The predicted octanol–water partition coefficient (Wildman–Crippen LogP) is 4.44. The Morgan fingerprint density at radius 3 is 2.24 bits per heavy atom. The molecule has 0 atom stereocenters. The van der Waals surface area contributed by atoms with Crippen molar-refractivity contribution in [1.29, 1.82) is 0 Å². The SMILES string of the molecule is Cc1ccc(/C=N\NC(=O)CN(Cc2c(F)cccc2Cl)S(=O)(=O)c2ccc(C)cc2)cc1. The van der Waals surface area contributed by atoms with Crippen LogP contribution in [0.25, 0.3) is 0 Å². The van der Waals surface area contributed by atoms with Gasteiger partial charge in [0.25, 0.3) is 5.91 Å². The summed E-state index contributed by atoms with van der Waals surface area (Å²) in [5.41, 5.74) is 5.03. The van der Waals surface area contributed by atoms with Crippen LogP contribution in [-0.2, 0) is 21.4 Å². The Labute approximate surface area is 197 Å². The third kappa shape index (κ3) is 6.47. The van der Waals surface area contributed by atoms with Crippen molar-refractivity contribution in [3.63, 3.8) is 0 Å². The zero-order chi connectivity index (χ0) is 24.0. The molecule has 0 saturated carbocycles. The number of hydrogen-bond acceptors (Lipinski definition) is 4. The van der Waals surface area contributed by atoms with E-state index in [0.717, 1.165) is 21.0 Å². The number of nitrogens with one attached hydrogen (secondary N) is 1. The zero-order valence-electron chi connectivity index (χ0n) is 18.1. The minimum absolute atomic E-state index is 0.0171. The lowest BCUT2D eigenvalue weighted by atomic mass is 10.2. The molecule has 0 spiro atoms. The van der Waals surface area contributed by atoms with Gasteiger partial charge in [0.2, 0.25) is 10.0 Å². The van der Waals surface area contributed by atoms with Crippen molar-refractivity contribution < 1.29 is 17.6 Å². The molecule has 0 bridgehead atoms. The van der Waals surface area contributed by atoms with E-state index in [-0.39, 0.29) is 15.5 Å². The lowest BCUT2D eigenvalue weighted by Gasteiger charge is -2.22. The molecule has 9 heteroatoms. The third-order valence-corrected chi connectivity index (χ3v) is 7.02. The molecule has 0 fully saturated rings. The lowest BCUT2D eigenvalue weighted by molar-refractivity contribution is -0.121. The number of benzene rings is 3. The van der Waals surface area contributed by atoms with Crippen molar-refractivity contribution in [3.05, 3.63) is 99.8 Å². The number of nitrogens with zero attached hydrogens (tertiary/aromatic N) is 2. The second kappa shape index (κ2) is 10.7. The summed E-state index contributed by atoms with van der Waals surface area (Å²) >= 11 is 6.10. The fourth-order valence-electron chi connectivity index (χ4n) is 2.97. The van der Waals surface area contributed by atoms with Gasteiger partial charge in [-0.2, -0.15) is 9.41 Å². The number of hydrogen-bond donors (Lipinski definition) is 1. The van der Waals surface area contributed by atoms with Crippen LogP contribution in [0.15, 0.2) is 76.7 Å². The highest BCUT2D eigenvalue weighted by Crippen LogP contribution is 2.24. The molecule has 0 saturated heterocycles. The minimum Gasteiger partial charge on any atom is -0.272 e. The minimum atomic E-state index is -4.13. The van der Waals surface area contributed by atoms with Gasteiger partial charge in [0.1, 0.15) is 5.82 Å². The van der Waals surface area contributed by atoms with Gasteiger partial charge < -0.3 is 0 Å². The molecule has 172 valence electrons. The van der Waals surface area contributed by atoms with Crippen molar-refractivity contribution in [1.82, 2.24) is 9.73 Å². The van der Waals surface area contributed by atoms with Gasteiger partial charge in [0.15, 0.2) is 0 Å². The highest BCUT2D eigenvalue weighted by atomic mass is 35.5. The Morgan fingerprint density at radius 1 is 1.03 bits per heavy atom. The van der Waals surface area contributed by atoms with Crippen molar-refractivity contribution >= 4 is 33.7 Å². The summed E-state index contributed by atoms with van der Waals surface area (Å²) in [7, 11) is -4.13. The number of carbonyl (C=O) groups excluding carboxylic acids is 1. The maximum atomic E-state index is 14.4. The Balaban J connectivity index is 1.84. The fourth-order valence-corrected chi connectivity index (χ4v) is 4.56. The van der Waals surface area contributed by atoms with E-state index in [0.29, 0.717) is 0 Å². The summed E-state index contributed by atoms with van der Waals surface area (Å²) in [6.45, 7) is 2.78. The van der Waals surface area contributed by atoms with Crippen LogP contribution in [-0.4, -0.2) is 31.4 Å². The molecule has 0 aliphatic carbocycles. The third-order valence-electron chi connectivity index (χ3n) is 4.86. The average molecular weight is 488 g/mol. The molecule has 3 aromatic carbocycles. The molecule has 0 radical (unpaired) electrons. The lowest BCUT2D eigenvalue weighted by Crippen LogP contribution is -2.39. The number of sulfonamides is 1. The maximum absolute atomic E-state index is 14.4. The largest absolute Gasteiger partial charge is 0.272 e. The van der Waals surface area contributed by atoms with Gasteiger partial charge in [-0.05, 0) is 43.7 Å². The van der Waals surface area contributed by atoms with E-state index in [4.69, 9.17) is 11.6 Å². The van der Waals surface area contributed by atoms with Crippen molar-refractivity contribution in [3.8, 4) is 0 Å². The van der Waals surface area contributed by atoms with E-state index in [1.165, 1.54) is 36.5 Å². The van der Waals surface area contributed by atoms with Crippen LogP contribution >= 0.6 is 11.6 Å². The van der Waals surface area contributed by atoms with Gasteiger partial charge in [-0.15, -0.1) is 0 Å². The molecule has 0 aliphatic heterocycles. The molecule has 3 aromatic rings. The van der Waals surface area contributed by atoms with Crippen LogP contribution in [0.2, 0.25) is 5.02 Å². The van der Waals surface area contributed by atoms with Crippen molar-refractivity contribution in [2.45, 2.75) is 25.3 Å². The maximum Gasteiger partial charge on any atom is 0.255 e. The highest BCUT2D eigenvalue weighted by molar-refractivity contribution is 7.89. The number of rotatable bonds is 8. The number of amides is 1. The van der Waals surface area contributed by atoms with Crippen molar-refractivity contribution in [2.75, 3.05) is 6.54 Å². The zero-order valence-corrected chi connectivity index (χ0v) is 19.7. The first kappa shape index (κ1) is 24.6. The van der Waals surface area contributed by atoms with Crippen molar-refractivity contribution in [2.24, 2.45) is 5.10 Å². The van der Waals surface area contributed by atoms with Crippen LogP contribution in [0.3, 0.4) is 0 Å². The molecule has 0 aromatic heterocycles. The van der Waals surface area contributed by atoms with Gasteiger partial charge in [0.05, 0.1) is 17.7 Å². The van der Waals surface area contributed by atoms with Gasteiger partial charge in [-0.25, -0.2) is 18.2 Å². The van der Waals surface area contributed by atoms with E-state index in [9.17, 15) is 17.6 Å². The second-order valence-electron chi connectivity index (χ2n) is 7.49. The Hall–Kier alpha value is -3.07. The average Bonchev–Trinajstić information content (AvgIpc) is 2.77. The van der Waals surface area contributed by atoms with E-state index in [2.05, 4.69) is 10.5 Å². The van der Waals surface area contributed by atoms with Crippen LogP contribution < -0.4 is 5.43 Å². The predicted molar refractivity (Wildman–Crippen MR) is 127 cm³/mol. The van der Waals surface area contributed by atoms with E-state index in [1.54, 1.807) is 12.1 Å². The first-order valence-corrected chi connectivity index (χ1v) is 11.9. The number of aryl methyl sites for hydroxylation is 2. The Bertz CT molecular complexity index is 1240. The molecule has 0 heterocycles. The topological polar surface area (TPSA) is 78.8 Å². The molecule has 0 unspecified atom stereocenters. The molecule has 3 rings (SSSR count). The summed E-state index contributed by atoms with van der Waals surface area (Å²) in [5.74, 6) is -1.34. The molecular formula is C24H23ClFN3O3S. The smallest absolute Gasteiger partial charge is 0.255 e. The summed E-state index contributed by atoms with van der Waals surface area (Å²) in [6, 6.07) is 17.7. The summed E-state index contributed by atoms with van der Waals surface area (Å²) < 4.78 is 41.8. The van der Waals surface area contributed by atoms with Gasteiger partial charge in [-0.1, -0.05) is 65.2 Å². The Morgan fingerprint density at radius 2 is 1.64 bits per heavy atom. The van der Waals surface area contributed by atoms with Gasteiger partial charge >= 0.3 is 0 Å². The quantitative estimate of drug-likeness (QED) is 0.377. The molecule has 1 amide bonds. The first-order valence-electron chi connectivity index (χ1n) is 10.0. The monoisotopic (exact) mass is 487 g/mol.